The van der Waals surface area contributed by atoms with Crippen LogP contribution < -0.4 is 5.32 Å². The minimum Gasteiger partial charge on any atom is -0.390 e. The average molecular weight is 308 g/mol. The lowest BCUT2D eigenvalue weighted by molar-refractivity contribution is -0.121. The van der Waals surface area contributed by atoms with Gasteiger partial charge in [0.2, 0.25) is 5.91 Å². The van der Waals surface area contributed by atoms with Crippen molar-refractivity contribution in [3.8, 4) is 0 Å². The van der Waals surface area contributed by atoms with Crippen LogP contribution in [0.4, 0.5) is 0 Å². The van der Waals surface area contributed by atoms with Gasteiger partial charge in [0, 0.05) is 6.54 Å². The van der Waals surface area contributed by atoms with Crippen LogP contribution in [0.3, 0.4) is 0 Å². The summed E-state index contributed by atoms with van der Waals surface area (Å²) in [6.07, 6.45) is 9.46. The van der Waals surface area contributed by atoms with Crippen molar-refractivity contribution in [3.63, 3.8) is 0 Å². The first-order valence-corrected chi connectivity index (χ1v) is 8.53. The summed E-state index contributed by atoms with van der Waals surface area (Å²) in [5, 5.41) is 20.3. The Kier molecular flexibility index (Phi) is 6.83. The number of aromatic nitrogens is 3. The van der Waals surface area contributed by atoms with Crippen LogP contribution in [-0.4, -0.2) is 32.6 Å². The molecule has 1 amide bonds. The van der Waals surface area contributed by atoms with Gasteiger partial charge in [0.15, 0.2) is 0 Å². The van der Waals surface area contributed by atoms with Crippen LogP contribution in [-0.2, 0) is 24.4 Å². The number of carbonyl (C=O) groups excluding carboxylic acids is 1. The van der Waals surface area contributed by atoms with E-state index in [0.717, 1.165) is 30.9 Å². The van der Waals surface area contributed by atoms with Crippen molar-refractivity contribution in [3.05, 3.63) is 11.4 Å². The lowest BCUT2D eigenvalue weighted by Crippen LogP contribution is -2.29. The van der Waals surface area contributed by atoms with E-state index in [1.54, 1.807) is 4.68 Å². The Hall–Kier alpha value is -1.43. The Bertz CT molecular complexity index is 467. The maximum Gasteiger partial charge on any atom is 0.241 e. The van der Waals surface area contributed by atoms with E-state index >= 15 is 0 Å². The third-order valence-electron chi connectivity index (χ3n) is 4.45. The van der Waals surface area contributed by atoms with Gasteiger partial charge in [-0.2, -0.15) is 0 Å². The fraction of sp³-hybridized carbons (Fsp3) is 0.812. The Labute approximate surface area is 132 Å². The summed E-state index contributed by atoms with van der Waals surface area (Å²) >= 11 is 0. The molecule has 1 aromatic heterocycles. The molecule has 0 unspecified atom stereocenters. The number of aliphatic hydroxyl groups is 1. The summed E-state index contributed by atoms with van der Waals surface area (Å²) in [7, 11) is 0. The van der Waals surface area contributed by atoms with Crippen LogP contribution in [0.5, 0.6) is 0 Å². The lowest BCUT2D eigenvalue weighted by Gasteiger charge is -2.21. The van der Waals surface area contributed by atoms with E-state index in [1.165, 1.54) is 32.1 Å². The molecule has 0 radical (unpaired) electrons. The number of carbonyl (C=O) groups is 1. The zero-order chi connectivity index (χ0) is 15.8. The third kappa shape index (κ3) is 4.80. The van der Waals surface area contributed by atoms with Crippen LogP contribution in [0.15, 0.2) is 0 Å². The van der Waals surface area contributed by atoms with Crippen molar-refractivity contribution in [2.24, 2.45) is 5.92 Å². The molecule has 0 aliphatic heterocycles. The van der Waals surface area contributed by atoms with E-state index in [9.17, 15) is 9.90 Å². The number of hydrogen-bond donors (Lipinski definition) is 2. The summed E-state index contributed by atoms with van der Waals surface area (Å²) in [5.74, 6) is 0.715. The van der Waals surface area contributed by atoms with Crippen molar-refractivity contribution in [1.82, 2.24) is 20.3 Å². The summed E-state index contributed by atoms with van der Waals surface area (Å²) in [6.45, 7) is 2.77. The summed E-state index contributed by atoms with van der Waals surface area (Å²) < 4.78 is 1.65. The summed E-state index contributed by atoms with van der Waals surface area (Å²) in [4.78, 5) is 11.9. The van der Waals surface area contributed by atoms with Gasteiger partial charge in [0.25, 0.3) is 0 Å². The summed E-state index contributed by atoms with van der Waals surface area (Å²) in [5.41, 5.74) is 1.53. The van der Waals surface area contributed by atoms with Crippen molar-refractivity contribution >= 4 is 5.91 Å². The minimum atomic E-state index is -0.115. The molecule has 0 atom stereocenters. The van der Waals surface area contributed by atoms with Crippen LogP contribution in [0.25, 0.3) is 0 Å². The van der Waals surface area contributed by atoms with Gasteiger partial charge in [0.05, 0.1) is 12.3 Å². The van der Waals surface area contributed by atoms with Gasteiger partial charge in [0.1, 0.15) is 12.2 Å². The quantitative estimate of drug-likeness (QED) is 0.767. The zero-order valence-corrected chi connectivity index (χ0v) is 13.6. The fourth-order valence-corrected chi connectivity index (χ4v) is 3.16. The normalized spacial score (nSPS) is 15.9. The molecule has 0 aromatic carbocycles. The Morgan fingerprint density at radius 2 is 2.14 bits per heavy atom. The lowest BCUT2D eigenvalue weighted by atomic mass is 9.85. The fourth-order valence-electron chi connectivity index (χ4n) is 3.16. The molecular formula is C16H28N4O2. The van der Waals surface area contributed by atoms with Crippen LogP contribution in [0.2, 0.25) is 0 Å². The highest BCUT2D eigenvalue weighted by molar-refractivity contribution is 5.75. The van der Waals surface area contributed by atoms with Gasteiger partial charge in [-0.1, -0.05) is 44.2 Å². The van der Waals surface area contributed by atoms with E-state index in [1.807, 2.05) is 6.92 Å². The second-order valence-electron chi connectivity index (χ2n) is 6.19. The van der Waals surface area contributed by atoms with Crippen LogP contribution in [0, 0.1) is 5.92 Å². The number of rotatable bonds is 8. The average Bonchev–Trinajstić information content (AvgIpc) is 2.93. The Morgan fingerprint density at radius 1 is 1.36 bits per heavy atom. The van der Waals surface area contributed by atoms with E-state index < -0.39 is 0 Å². The number of nitrogens with one attached hydrogen (secondary N) is 1. The number of amides is 1. The molecular weight excluding hydrogens is 280 g/mol. The van der Waals surface area contributed by atoms with Gasteiger partial charge in [-0.3, -0.25) is 4.79 Å². The first-order valence-electron chi connectivity index (χ1n) is 8.53. The summed E-state index contributed by atoms with van der Waals surface area (Å²) in [6, 6.07) is 0. The predicted octanol–water partition coefficient (Wildman–Crippen LogP) is 1.81. The van der Waals surface area contributed by atoms with Gasteiger partial charge in [-0.25, -0.2) is 4.68 Å². The van der Waals surface area contributed by atoms with E-state index in [4.69, 9.17) is 0 Å². The molecule has 124 valence electrons. The molecule has 2 N–H and O–H groups in total. The van der Waals surface area contributed by atoms with Gasteiger partial charge in [-0.05, 0) is 25.2 Å². The van der Waals surface area contributed by atoms with Crippen LogP contribution in [0.1, 0.15) is 63.3 Å². The molecule has 1 fully saturated rings. The SMILES string of the molecule is CCCNC(=O)Cn1nnc(CO)c1CCC1CCCCC1. The van der Waals surface area contributed by atoms with Gasteiger partial charge in [-0.15, -0.1) is 5.10 Å². The highest BCUT2D eigenvalue weighted by atomic mass is 16.3. The van der Waals surface area contributed by atoms with Gasteiger partial charge >= 0.3 is 0 Å². The number of hydrogen-bond acceptors (Lipinski definition) is 4. The smallest absolute Gasteiger partial charge is 0.241 e. The zero-order valence-electron chi connectivity index (χ0n) is 13.6. The molecule has 0 saturated heterocycles. The molecule has 1 saturated carbocycles. The minimum absolute atomic E-state index is 0.0462. The molecule has 2 rings (SSSR count). The number of nitrogens with zero attached hydrogens (tertiary/aromatic N) is 3. The second-order valence-corrected chi connectivity index (χ2v) is 6.19. The predicted molar refractivity (Wildman–Crippen MR) is 84.1 cm³/mol. The standard InChI is InChI=1S/C16H28N4O2/c1-2-10-17-16(22)11-20-15(14(12-21)18-19-20)9-8-13-6-4-3-5-7-13/h13,21H,2-12H2,1H3,(H,17,22). The first-order chi connectivity index (χ1) is 10.7. The molecule has 0 bridgehead atoms. The molecule has 6 heteroatoms. The molecule has 1 aliphatic carbocycles. The molecule has 1 heterocycles. The van der Waals surface area contributed by atoms with Crippen molar-refractivity contribution in [2.45, 2.75) is 71.4 Å². The highest BCUT2D eigenvalue weighted by Crippen LogP contribution is 2.27. The van der Waals surface area contributed by atoms with Crippen LogP contribution >= 0.6 is 0 Å². The molecule has 6 nitrogen and oxygen atoms in total. The van der Waals surface area contributed by atoms with Crippen molar-refractivity contribution in [1.29, 1.82) is 0 Å². The van der Waals surface area contributed by atoms with E-state index in [0.29, 0.717) is 12.2 Å². The monoisotopic (exact) mass is 308 g/mol. The maximum atomic E-state index is 11.9. The molecule has 0 spiro atoms. The maximum absolute atomic E-state index is 11.9. The Balaban J connectivity index is 1.95. The largest absolute Gasteiger partial charge is 0.390 e. The van der Waals surface area contributed by atoms with Crippen molar-refractivity contribution in [2.75, 3.05) is 6.54 Å². The Morgan fingerprint density at radius 3 is 2.82 bits per heavy atom. The molecule has 1 aromatic rings. The first kappa shape index (κ1) is 16.9. The molecule has 1 aliphatic rings. The van der Waals surface area contributed by atoms with Gasteiger partial charge < -0.3 is 10.4 Å². The second kappa shape index (κ2) is 8.88. The van der Waals surface area contributed by atoms with E-state index in [-0.39, 0.29) is 19.1 Å². The topological polar surface area (TPSA) is 80.0 Å². The highest BCUT2D eigenvalue weighted by Gasteiger charge is 2.18. The molecule has 22 heavy (non-hydrogen) atoms. The number of aliphatic hydroxyl groups excluding tert-OH is 1. The third-order valence-corrected chi connectivity index (χ3v) is 4.45. The van der Waals surface area contributed by atoms with Crippen molar-refractivity contribution < 1.29 is 9.90 Å². The van der Waals surface area contributed by atoms with E-state index in [2.05, 4.69) is 15.6 Å².